The molecule has 0 fully saturated rings. The number of nitrogens with one attached hydrogen (secondary N) is 1. The number of hydrogen-bond donors (Lipinski definition) is 2. The Bertz CT molecular complexity index is 614. The van der Waals surface area contributed by atoms with Crippen molar-refractivity contribution in [3.63, 3.8) is 0 Å². The molecule has 112 valence electrons. The Hall–Kier alpha value is -1.12. The van der Waals surface area contributed by atoms with Gasteiger partial charge in [-0.05, 0) is 25.0 Å². The number of rotatable bonds is 6. The molecule has 1 rings (SSSR count). The lowest BCUT2D eigenvalue weighted by atomic mass is 9.94. The predicted octanol–water partition coefficient (Wildman–Crippen LogP) is 2.09. The van der Waals surface area contributed by atoms with Crippen LogP contribution in [0.4, 0.5) is 8.78 Å². The molecule has 0 amide bonds. The number of nitrogens with two attached hydrogens (primary N) is 1. The van der Waals surface area contributed by atoms with Gasteiger partial charge in [0, 0.05) is 6.07 Å². The Morgan fingerprint density at radius 2 is 1.90 bits per heavy atom. The molecule has 1 aromatic carbocycles. The minimum Gasteiger partial charge on any atom is -0.392 e. The molecule has 1 aromatic rings. The van der Waals surface area contributed by atoms with E-state index in [9.17, 15) is 17.2 Å². The van der Waals surface area contributed by atoms with Gasteiger partial charge < -0.3 is 5.73 Å². The van der Waals surface area contributed by atoms with E-state index in [2.05, 4.69) is 4.72 Å². The smallest absolute Gasteiger partial charge is 0.244 e. The maximum atomic E-state index is 13.6. The van der Waals surface area contributed by atoms with E-state index >= 15 is 0 Å². The van der Waals surface area contributed by atoms with Gasteiger partial charge in [0.2, 0.25) is 10.0 Å². The summed E-state index contributed by atoms with van der Waals surface area (Å²) in [7, 11) is -4.19. The van der Waals surface area contributed by atoms with Gasteiger partial charge in [-0.3, -0.25) is 0 Å². The monoisotopic (exact) mass is 322 g/mol. The number of hydrogen-bond acceptors (Lipinski definition) is 3. The minimum atomic E-state index is -4.19. The van der Waals surface area contributed by atoms with Gasteiger partial charge in [0.05, 0.1) is 10.5 Å². The van der Waals surface area contributed by atoms with Gasteiger partial charge in [-0.25, -0.2) is 17.2 Å². The van der Waals surface area contributed by atoms with Gasteiger partial charge in [-0.15, -0.1) is 0 Å². The average Bonchev–Trinajstić information content (AvgIpc) is 2.35. The van der Waals surface area contributed by atoms with E-state index < -0.39 is 32.1 Å². The Labute approximate surface area is 122 Å². The van der Waals surface area contributed by atoms with Crippen molar-refractivity contribution in [2.45, 2.75) is 37.1 Å². The lowest BCUT2D eigenvalue weighted by Gasteiger charge is -2.31. The molecular weight excluding hydrogens is 306 g/mol. The molecule has 3 N–H and O–H groups in total. The summed E-state index contributed by atoms with van der Waals surface area (Å²) in [5, 5.41) is 0. The summed E-state index contributed by atoms with van der Waals surface area (Å²) >= 11 is 4.90. The summed E-state index contributed by atoms with van der Waals surface area (Å²) in [5.74, 6) is -2.02. The van der Waals surface area contributed by atoms with Crippen molar-refractivity contribution in [1.82, 2.24) is 4.72 Å². The zero-order chi connectivity index (χ0) is 15.6. The highest BCUT2D eigenvalue weighted by atomic mass is 32.2. The lowest BCUT2D eigenvalue weighted by molar-refractivity contribution is 0.462. The van der Waals surface area contributed by atoms with E-state index in [1.54, 1.807) is 13.8 Å². The molecule has 0 aliphatic carbocycles. The van der Waals surface area contributed by atoms with Gasteiger partial charge in [0.1, 0.15) is 16.5 Å². The molecule has 0 aromatic heterocycles. The van der Waals surface area contributed by atoms with Crippen molar-refractivity contribution in [1.29, 1.82) is 0 Å². The van der Waals surface area contributed by atoms with Gasteiger partial charge >= 0.3 is 0 Å². The molecule has 20 heavy (non-hydrogen) atoms. The van der Waals surface area contributed by atoms with Crippen molar-refractivity contribution in [3.05, 3.63) is 29.8 Å². The molecule has 0 aliphatic rings. The van der Waals surface area contributed by atoms with Gasteiger partial charge in [-0.2, -0.15) is 4.72 Å². The van der Waals surface area contributed by atoms with Crippen molar-refractivity contribution in [3.8, 4) is 0 Å². The fourth-order valence-electron chi connectivity index (χ4n) is 1.80. The van der Waals surface area contributed by atoms with Crippen LogP contribution in [-0.4, -0.2) is 18.9 Å². The first-order chi connectivity index (χ1) is 9.18. The SMILES string of the molecule is CCC(CC)(NS(=O)(=O)c1ccc(F)cc1F)C(N)=S. The van der Waals surface area contributed by atoms with E-state index in [0.29, 0.717) is 18.9 Å². The van der Waals surface area contributed by atoms with E-state index in [0.717, 1.165) is 12.1 Å². The second-order valence-corrected chi connectivity index (χ2v) is 6.42. The molecular formula is C12H16F2N2O2S2. The maximum absolute atomic E-state index is 13.6. The predicted molar refractivity (Wildman–Crippen MR) is 76.8 cm³/mol. The molecule has 0 atom stereocenters. The third-order valence-corrected chi connectivity index (χ3v) is 5.15. The summed E-state index contributed by atoms with van der Waals surface area (Å²) in [6.07, 6.45) is 0.641. The van der Waals surface area contributed by atoms with E-state index in [-0.39, 0.29) is 4.99 Å². The molecule has 0 radical (unpaired) electrons. The summed E-state index contributed by atoms with van der Waals surface area (Å²) in [6.45, 7) is 3.43. The molecule has 0 heterocycles. The Morgan fingerprint density at radius 3 is 2.30 bits per heavy atom. The van der Waals surface area contributed by atoms with E-state index in [1.807, 2.05) is 0 Å². The summed E-state index contributed by atoms with van der Waals surface area (Å²) in [5.41, 5.74) is 4.46. The van der Waals surface area contributed by atoms with Crippen LogP contribution in [-0.2, 0) is 10.0 Å². The van der Waals surface area contributed by atoms with Crippen LogP contribution < -0.4 is 10.5 Å². The molecule has 0 bridgehead atoms. The Kier molecular flexibility index (Phi) is 5.17. The second-order valence-electron chi connectivity index (χ2n) is 4.33. The fourth-order valence-corrected chi connectivity index (χ4v) is 3.79. The normalized spacial score (nSPS) is 12.4. The van der Waals surface area contributed by atoms with Gasteiger partial charge in [0.15, 0.2) is 0 Å². The third-order valence-electron chi connectivity index (χ3n) is 3.19. The summed E-state index contributed by atoms with van der Waals surface area (Å²) in [6, 6.07) is 2.25. The first kappa shape index (κ1) is 16.9. The number of thiocarbonyl (C=S) groups is 1. The first-order valence-electron chi connectivity index (χ1n) is 5.97. The van der Waals surface area contributed by atoms with E-state index in [4.69, 9.17) is 18.0 Å². The molecule has 0 saturated carbocycles. The zero-order valence-corrected chi connectivity index (χ0v) is 12.7. The standard InChI is InChI=1S/C12H16F2N2O2S2/c1-3-12(4-2,11(15)19)16-20(17,18)10-6-5-8(13)7-9(10)14/h5-7,16H,3-4H2,1-2H3,(H2,15,19). The summed E-state index contributed by atoms with van der Waals surface area (Å²) in [4.78, 5) is -0.657. The first-order valence-corrected chi connectivity index (χ1v) is 7.86. The number of halogens is 2. The van der Waals surface area contributed by atoms with Crippen LogP contribution in [0.2, 0.25) is 0 Å². The largest absolute Gasteiger partial charge is 0.392 e. The quantitative estimate of drug-likeness (QED) is 0.787. The Balaban J connectivity index is 3.27. The highest BCUT2D eigenvalue weighted by molar-refractivity contribution is 7.89. The lowest BCUT2D eigenvalue weighted by Crippen LogP contribution is -2.55. The third kappa shape index (κ3) is 3.31. The van der Waals surface area contributed by atoms with Crippen LogP contribution in [0.15, 0.2) is 23.1 Å². The van der Waals surface area contributed by atoms with Crippen LogP contribution in [0, 0.1) is 11.6 Å². The zero-order valence-electron chi connectivity index (χ0n) is 11.1. The topological polar surface area (TPSA) is 72.2 Å². The van der Waals surface area contributed by atoms with Crippen LogP contribution >= 0.6 is 12.2 Å². The van der Waals surface area contributed by atoms with Crippen molar-refractivity contribution >= 4 is 27.2 Å². The molecule has 0 spiro atoms. The molecule has 0 unspecified atom stereocenters. The van der Waals surface area contributed by atoms with Gasteiger partial charge in [-0.1, -0.05) is 26.1 Å². The van der Waals surface area contributed by atoms with Crippen LogP contribution in [0.25, 0.3) is 0 Å². The van der Waals surface area contributed by atoms with Crippen molar-refractivity contribution < 1.29 is 17.2 Å². The van der Waals surface area contributed by atoms with E-state index in [1.165, 1.54) is 0 Å². The average molecular weight is 322 g/mol. The van der Waals surface area contributed by atoms with Crippen molar-refractivity contribution in [2.75, 3.05) is 0 Å². The van der Waals surface area contributed by atoms with Crippen LogP contribution in [0.1, 0.15) is 26.7 Å². The molecule has 4 nitrogen and oxygen atoms in total. The van der Waals surface area contributed by atoms with Crippen molar-refractivity contribution in [2.24, 2.45) is 5.73 Å². The van der Waals surface area contributed by atoms with Crippen LogP contribution in [0.5, 0.6) is 0 Å². The Morgan fingerprint density at radius 1 is 1.35 bits per heavy atom. The fraction of sp³-hybridized carbons (Fsp3) is 0.417. The number of benzene rings is 1. The minimum absolute atomic E-state index is 0.0198. The number of sulfonamides is 1. The second kappa shape index (κ2) is 6.11. The summed E-state index contributed by atoms with van der Waals surface area (Å²) < 4.78 is 53.2. The highest BCUT2D eigenvalue weighted by Crippen LogP contribution is 2.22. The molecule has 0 saturated heterocycles. The maximum Gasteiger partial charge on any atom is 0.244 e. The molecule has 0 aliphatic heterocycles. The highest BCUT2D eigenvalue weighted by Gasteiger charge is 2.35. The molecule has 8 heteroatoms. The van der Waals surface area contributed by atoms with Crippen LogP contribution in [0.3, 0.4) is 0 Å². The van der Waals surface area contributed by atoms with Gasteiger partial charge in [0.25, 0.3) is 0 Å².